The average molecular weight is 379 g/mol. The molecule has 148 valence electrons. The lowest BCUT2D eigenvalue weighted by molar-refractivity contribution is -0.150. The van der Waals surface area contributed by atoms with Gasteiger partial charge in [0.1, 0.15) is 0 Å². The number of amides is 1. The van der Waals surface area contributed by atoms with Crippen LogP contribution in [0.5, 0.6) is 0 Å². The lowest BCUT2D eigenvalue weighted by Crippen LogP contribution is -2.63. The Morgan fingerprint density at radius 1 is 1.11 bits per heavy atom. The van der Waals surface area contributed by atoms with E-state index in [0.717, 1.165) is 45.3 Å². The van der Waals surface area contributed by atoms with E-state index in [4.69, 9.17) is 0 Å². The SMILES string of the molecule is O=C1NCCC[C@]12CN(C1CCN(c3ccc(F)c(F)c3)CC1)CC[C@@H]2O. The number of hydrogen-bond donors (Lipinski definition) is 2. The van der Waals surface area contributed by atoms with E-state index in [1.54, 1.807) is 6.07 Å². The fraction of sp³-hybridized carbons (Fsp3) is 0.650. The molecule has 0 aromatic heterocycles. The Hall–Kier alpha value is -1.73. The smallest absolute Gasteiger partial charge is 0.230 e. The molecule has 3 fully saturated rings. The van der Waals surface area contributed by atoms with E-state index < -0.39 is 23.2 Å². The number of carbonyl (C=O) groups is 1. The standard InChI is InChI=1S/C20H27F2N3O2/c21-16-3-2-15(12-17(16)22)24-9-4-14(5-10-24)25-11-6-18(26)20(13-25)7-1-8-23-19(20)27/h2-3,12,14,18,26H,1,4-11,13H2,(H,23,27)/t18-,20+/m0/s1. The van der Waals surface area contributed by atoms with E-state index in [0.29, 0.717) is 31.2 Å². The zero-order valence-electron chi connectivity index (χ0n) is 15.5. The van der Waals surface area contributed by atoms with Gasteiger partial charge in [-0.25, -0.2) is 8.78 Å². The summed E-state index contributed by atoms with van der Waals surface area (Å²) >= 11 is 0. The van der Waals surface area contributed by atoms with E-state index >= 15 is 0 Å². The number of nitrogens with one attached hydrogen (secondary N) is 1. The molecule has 0 aliphatic carbocycles. The molecule has 4 rings (SSSR count). The highest BCUT2D eigenvalue weighted by atomic mass is 19.2. The largest absolute Gasteiger partial charge is 0.392 e. The fourth-order valence-corrected chi connectivity index (χ4v) is 4.96. The van der Waals surface area contributed by atoms with Crippen molar-refractivity contribution in [3.8, 4) is 0 Å². The topological polar surface area (TPSA) is 55.8 Å². The normalized spacial score (nSPS) is 30.6. The highest BCUT2D eigenvalue weighted by molar-refractivity contribution is 5.84. The van der Waals surface area contributed by atoms with Crippen LogP contribution in [0.25, 0.3) is 0 Å². The molecule has 3 aliphatic rings. The summed E-state index contributed by atoms with van der Waals surface area (Å²) in [4.78, 5) is 17.0. The number of rotatable bonds is 2. The number of nitrogens with zero attached hydrogens (tertiary/aromatic N) is 2. The van der Waals surface area contributed by atoms with E-state index in [1.165, 1.54) is 12.1 Å². The molecule has 2 atom stereocenters. The third-order valence-electron chi connectivity index (χ3n) is 6.60. The van der Waals surface area contributed by atoms with Gasteiger partial charge in [-0.3, -0.25) is 9.69 Å². The molecule has 1 spiro atoms. The van der Waals surface area contributed by atoms with Crippen molar-refractivity contribution < 1.29 is 18.7 Å². The number of benzene rings is 1. The molecule has 0 unspecified atom stereocenters. The Kier molecular flexibility index (Phi) is 5.07. The van der Waals surface area contributed by atoms with Gasteiger partial charge in [-0.1, -0.05) is 0 Å². The van der Waals surface area contributed by atoms with E-state index in [2.05, 4.69) is 15.1 Å². The number of carbonyl (C=O) groups excluding carboxylic acids is 1. The summed E-state index contributed by atoms with van der Waals surface area (Å²) in [6, 6.07) is 4.41. The van der Waals surface area contributed by atoms with Crippen molar-refractivity contribution in [3.05, 3.63) is 29.8 Å². The van der Waals surface area contributed by atoms with Gasteiger partial charge in [-0.15, -0.1) is 0 Å². The molecule has 0 saturated carbocycles. The molecule has 1 aromatic rings. The van der Waals surface area contributed by atoms with Gasteiger partial charge >= 0.3 is 0 Å². The summed E-state index contributed by atoms with van der Waals surface area (Å²) in [5.41, 5.74) is 0.0396. The van der Waals surface area contributed by atoms with Crippen molar-refractivity contribution in [1.29, 1.82) is 0 Å². The van der Waals surface area contributed by atoms with Gasteiger partial charge in [0.2, 0.25) is 5.91 Å². The Morgan fingerprint density at radius 3 is 2.59 bits per heavy atom. The summed E-state index contributed by atoms with van der Waals surface area (Å²) in [6.07, 6.45) is 3.52. The lowest BCUT2D eigenvalue weighted by atomic mass is 9.71. The molecule has 1 aromatic carbocycles. The number of halogens is 2. The van der Waals surface area contributed by atoms with Crippen LogP contribution in [0.2, 0.25) is 0 Å². The van der Waals surface area contributed by atoms with Crippen LogP contribution in [0.15, 0.2) is 18.2 Å². The lowest BCUT2D eigenvalue weighted by Gasteiger charge is -2.50. The molecule has 27 heavy (non-hydrogen) atoms. The maximum Gasteiger partial charge on any atom is 0.230 e. The number of piperidine rings is 3. The van der Waals surface area contributed by atoms with Crippen LogP contribution < -0.4 is 10.2 Å². The van der Waals surface area contributed by atoms with Crippen LogP contribution in [-0.2, 0) is 4.79 Å². The third-order valence-corrected chi connectivity index (χ3v) is 6.60. The van der Waals surface area contributed by atoms with Crippen LogP contribution in [0.3, 0.4) is 0 Å². The van der Waals surface area contributed by atoms with Gasteiger partial charge in [0.15, 0.2) is 11.6 Å². The van der Waals surface area contributed by atoms with Crippen molar-refractivity contribution in [2.45, 2.75) is 44.2 Å². The molecular formula is C20H27F2N3O2. The van der Waals surface area contributed by atoms with Crippen molar-refractivity contribution in [2.75, 3.05) is 37.6 Å². The summed E-state index contributed by atoms with van der Waals surface area (Å²) in [7, 11) is 0. The number of likely N-dealkylation sites (tertiary alicyclic amines) is 1. The van der Waals surface area contributed by atoms with Gasteiger partial charge < -0.3 is 15.3 Å². The first-order chi connectivity index (χ1) is 13.0. The Labute approximate surface area is 158 Å². The Balaban J connectivity index is 1.40. The quantitative estimate of drug-likeness (QED) is 0.824. The third kappa shape index (κ3) is 3.43. The van der Waals surface area contributed by atoms with Crippen molar-refractivity contribution in [3.63, 3.8) is 0 Å². The maximum absolute atomic E-state index is 13.5. The minimum Gasteiger partial charge on any atom is -0.392 e. The number of aliphatic hydroxyl groups excluding tert-OH is 1. The molecule has 3 heterocycles. The summed E-state index contributed by atoms with van der Waals surface area (Å²) < 4.78 is 26.7. The minimum absolute atomic E-state index is 0.00910. The van der Waals surface area contributed by atoms with E-state index in [-0.39, 0.29) is 5.91 Å². The van der Waals surface area contributed by atoms with Gasteiger partial charge in [-0.05, 0) is 44.2 Å². The molecule has 3 aliphatic heterocycles. The van der Waals surface area contributed by atoms with E-state index in [1.807, 2.05) is 0 Å². The number of aliphatic hydroxyl groups is 1. The first-order valence-corrected chi connectivity index (χ1v) is 9.90. The van der Waals surface area contributed by atoms with Crippen LogP contribution >= 0.6 is 0 Å². The predicted molar refractivity (Wildman–Crippen MR) is 98.5 cm³/mol. The molecular weight excluding hydrogens is 352 g/mol. The minimum atomic E-state index is -0.823. The van der Waals surface area contributed by atoms with Crippen LogP contribution in [-0.4, -0.2) is 60.8 Å². The molecule has 3 saturated heterocycles. The monoisotopic (exact) mass is 379 g/mol. The fourth-order valence-electron chi connectivity index (χ4n) is 4.96. The zero-order valence-corrected chi connectivity index (χ0v) is 15.5. The highest BCUT2D eigenvalue weighted by Crippen LogP contribution is 2.39. The van der Waals surface area contributed by atoms with Crippen molar-refractivity contribution >= 4 is 11.6 Å². The molecule has 7 heteroatoms. The first-order valence-electron chi connectivity index (χ1n) is 9.90. The molecule has 1 amide bonds. The summed E-state index contributed by atoms with van der Waals surface area (Å²) in [5, 5.41) is 13.5. The predicted octanol–water partition coefficient (Wildman–Crippen LogP) is 1.90. The van der Waals surface area contributed by atoms with Crippen LogP contribution in [0, 0.1) is 17.0 Å². The van der Waals surface area contributed by atoms with E-state index in [9.17, 15) is 18.7 Å². The molecule has 0 bridgehead atoms. The maximum atomic E-state index is 13.5. The van der Waals surface area contributed by atoms with Crippen molar-refractivity contribution in [2.24, 2.45) is 5.41 Å². The Bertz CT molecular complexity index is 708. The first kappa shape index (κ1) is 18.6. The van der Waals surface area contributed by atoms with Crippen molar-refractivity contribution in [1.82, 2.24) is 10.2 Å². The average Bonchev–Trinajstić information content (AvgIpc) is 2.68. The second-order valence-electron chi connectivity index (χ2n) is 8.11. The van der Waals surface area contributed by atoms with Gasteiger partial charge in [0.25, 0.3) is 0 Å². The molecule has 2 N–H and O–H groups in total. The van der Waals surface area contributed by atoms with Crippen LogP contribution in [0.1, 0.15) is 32.1 Å². The van der Waals surface area contributed by atoms with Gasteiger partial charge in [-0.2, -0.15) is 0 Å². The van der Waals surface area contributed by atoms with Gasteiger partial charge in [0, 0.05) is 50.5 Å². The summed E-state index contributed by atoms with van der Waals surface area (Å²) in [5.74, 6) is -1.65. The second-order valence-corrected chi connectivity index (χ2v) is 8.11. The highest BCUT2D eigenvalue weighted by Gasteiger charge is 2.50. The Morgan fingerprint density at radius 2 is 1.89 bits per heavy atom. The second kappa shape index (κ2) is 7.36. The summed E-state index contributed by atoms with van der Waals surface area (Å²) in [6.45, 7) is 3.64. The number of hydrogen-bond acceptors (Lipinski definition) is 4. The number of anilines is 1. The zero-order chi connectivity index (χ0) is 19.0. The molecule has 5 nitrogen and oxygen atoms in total. The van der Waals surface area contributed by atoms with Gasteiger partial charge in [0.05, 0.1) is 11.5 Å². The molecule has 0 radical (unpaired) electrons. The van der Waals surface area contributed by atoms with Crippen LogP contribution in [0.4, 0.5) is 14.5 Å².